The van der Waals surface area contributed by atoms with Crippen molar-refractivity contribution in [3.63, 3.8) is 0 Å². The zero-order chi connectivity index (χ0) is 20.5. The molecule has 9 nitrogen and oxygen atoms in total. The van der Waals surface area contributed by atoms with Crippen LogP contribution < -0.4 is 10.6 Å². The van der Waals surface area contributed by atoms with Crippen LogP contribution in [0.15, 0.2) is 47.1 Å². The van der Waals surface area contributed by atoms with Gasteiger partial charge in [0.2, 0.25) is 5.91 Å². The summed E-state index contributed by atoms with van der Waals surface area (Å²) in [6.07, 6.45) is 1.31. The highest BCUT2D eigenvalue weighted by Crippen LogP contribution is 2.08. The lowest BCUT2D eigenvalue weighted by molar-refractivity contribution is -0.150. The van der Waals surface area contributed by atoms with Gasteiger partial charge >= 0.3 is 5.97 Å². The van der Waals surface area contributed by atoms with Crippen LogP contribution in [0.4, 0.5) is 10.1 Å². The van der Waals surface area contributed by atoms with Crippen molar-refractivity contribution >= 4 is 29.4 Å². The molecule has 0 radical (unpaired) electrons. The second-order valence-electron chi connectivity index (χ2n) is 5.63. The highest BCUT2D eigenvalue weighted by Gasteiger charge is 2.16. The van der Waals surface area contributed by atoms with Gasteiger partial charge in [0, 0.05) is 12.7 Å². The molecule has 0 spiro atoms. The lowest BCUT2D eigenvalue weighted by atomic mass is 10.3. The van der Waals surface area contributed by atoms with Gasteiger partial charge < -0.3 is 24.7 Å². The Morgan fingerprint density at radius 2 is 1.86 bits per heavy atom. The minimum absolute atomic E-state index is 0.0378. The van der Waals surface area contributed by atoms with E-state index >= 15 is 0 Å². The summed E-state index contributed by atoms with van der Waals surface area (Å²) >= 11 is 0. The largest absolute Gasteiger partial charge is 0.459 e. The van der Waals surface area contributed by atoms with Gasteiger partial charge in [-0.05, 0) is 36.4 Å². The molecular weight excluding hydrogens is 373 g/mol. The van der Waals surface area contributed by atoms with E-state index in [0.717, 1.165) is 4.90 Å². The molecular formula is C18H18FN3O6. The van der Waals surface area contributed by atoms with E-state index in [1.807, 2.05) is 0 Å². The predicted molar refractivity (Wildman–Crippen MR) is 94.7 cm³/mol. The minimum Gasteiger partial charge on any atom is -0.459 e. The van der Waals surface area contributed by atoms with E-state index < -0.39 is 42.7 Å². The van der Waals surface area contributed by atoms with Gasteiger partial charge in [-0.25, -0.2) is 4.39 Å². The molecule has 2 aromatic rings. The lowest BCUT2D eigenvalue weighted by Crippen LogP contribution is -2.38. The Morgan fingerprint density at radius 3 is 2.50 bits per heavy atom. The fourth-order valence-electron chi connectivity index (χ4n) is 1.99. The van der Waals surface area contributed by atoms with Crippen molar-refractivity contribution in [1.82, 2.24) is 10.2 Å². The zero-order valence-electron chi connectivity index (χ0n) is 14.9. The number of likely N-dealkylation sites (N-methyl/N-ethyl adjacent to an activating group) is 1. The molecule has 0 saturated carbocycles. The molecule has 0 saturated heterocycles. The van der Waals surface area contributed by atoms with Gasteiger partial charge in [0.05, 0.1) is 12.8 Å². The molecule has 148 valence electrons. The van der Waals surface area contributed by atoms with Crippen molar-refractivity contribution in [2.45, 2.75) is 0 Å². The number of nitrogens with zero attached hydrogens (tertiary/aromatic N) is 1. The van der Waals surface area contributed by atoms with Crippen molar-refractivity contribution in [2.24, 2.45) is 0 Å². The number of amides is 3. The van der Waals surface area contributed by atoms with Gasteiger partial charge in [0.15, 0.2) is 12.4 Å². The van der Waals surface area contributed by atoms with Crippen molar-refractivity contribution in [2.75, 3.05) is 32.1 Å². The molecule has 1 aromatic heterocycles. The topological polar surface area (TPSA) is 118 Å². The first-order chi connectivity index (χ1) is 13.3. The fourth-order valence-corrected chi connectivity index (χ4v) is 1.99. The molecule has 0 fully saturated rings. The number of anilines is 1. The first-order valence-electron chi connectivity index (χ1n) is 8.12. The minimum atomic E-state index is -0.822. The number of hydrogen-bond acceptors (Lipinski definition) is 6. The monoisotopic (exact) mass is 391 g/mol. The number of nitrogens with one attached hydrogen (secondary N) is 2. The fraction of sp³-hybridized carbons (Fsp3) is 0.222. The van der Waals surface area contributed by atoms with Crippen molar-refractivity contribution in [1.29, 1.82) is 0 Å². The first-order valence-corrected chi connectivity index (χ1v) is 8.12. The second-order valence-corrected chi connectivity index (χ2v) is 5.63. The number of furan rings is 1. The van der Waals surface area contributed by atoms with Crippen LogP contribution in [0.1, 0.15) is 10.6 Å². The van der Waals surface area contributed by atoms with Gasteiger partial charge in [-0.3, -0.25) is 19.2 Å². The number of esters is 1. The van der Waals surface area contributed by atoms with E-state index in [2.05, 4.69) is 10.6 Å². The molecule has 2 N–H and O–H groups in total. The molecule has 0 atom stereocenters. The van der Waals surface area contributed by atoms with Gasteiger partial charge in [0.1, 0.15) is 12.4 Å². The van der Waals surface area contributed by atoms with Crippen molar-refractivity contribution < 1.29 is 32.7 Å². The van der Waals surface area contributed by atoms with E-state index in [0.29, 0.717) is 5.69 Å². The first kappa shape index (κ1) is 20.6. The summed E-state index contributed by atoms with van der Waals surface area (Å²) in [6.45, 7) is -1.32. The van der Waals surface area contributed by atoms with Crippen LogP contribution in [0.25, 0.3) is 0 Å². The number of rotatable bonds is 8. The highest BCUT2D eigenvalue weighted by molar-refractivity contribution is 5.95. The normalized spacial score (nSPS) is 10.1. The standard InChI is InChI=1S/C18H18FN3O6/c1-22(10-15(23)21-13-6-4-12(19)5-7-13)16(24)11-28-17(25)9-20-18(26)14-3-2-8-27-14/h2-8H,9-11H2,1H3,(H,20,26)(H,21,23). The summed E-state index contributed by atoms with van der Waals surface area (Å²) in [5, 5.41) is 4.78. The maximum atomic E-state index is 12.8. The Kier molecular flexibility index (Phi) is 7.26. The molecule has 0 aliphatic carbocycles. The van der Waals surface area contributed by atoms with Crippen LogP contribution >= 0.6 is 0 Å². The number of halogens is 1. The number of ether oxygens (including phenoxy) is 1. The van der Waals surface area contributed by atoms with Gasteiger partial charge in [-0.1, -0.05) is 0 Å². The van der Waals surface area contributed by atoms with Crippen molar-refractivity contribution in [3.8, 4) is 0 Å². The van der Waals surface area contributed by atoms with Gasteiger partial charge in [-0.2, -0.15) is 0 Å². The van der Waals surface area contributed by atoms with E-state index in [1.165, 1.54) is 49.7 Å². The molecule has 0 bridgehead atoms. The Hall–Kier alpha value is -3.69. The third-order valence-corrected chi connectivity index (χ3v) is 3.43. The molecule has 2 rings (SSSR count). The van der Waals surface area contributed by atoms with Crippen LogP contribution in [0, 0.1) is 5.82 Å². The van der Waals surface area contributed by atoms with E-state index in [9.17, 15) is 23.6 Å². The Balaban J connectivity index is 1.68. The van der Waals surface area contributed by atoms with Crippen molar-refractivity contribution in [3.05, 3.63) is 54.2 Å². The molecule has 0 aliphatic heterocycles. The summed E-state index contributed by atoms with van der Waals surface area (Å²) < 4.78 is 22.4. The van der Waals surface area contributed by atoms with Crippen LogP contribution in [0.3, 0.4) is 0 Å². The predicted octanol–water partition coefficient (Wildman–Crippen LogP) is 0.789. The van der Waals surface area contributed by atoms with Crippen LogP contribution in [-0.4, -0.2) is 55.3 Å². The number of carbonyl (C=O) groups is 4. The summed E-state index contributed by atoms with van der Waals surface area (Å²) in [6, 6.07) is 8.09. The zero-order valence-corrected chi connectivity index (χ0v) is 14.9. The average Bonchev–Trinajstić information content (AvgIpc) is 3.20. The molecule has 10 heteroatoms. The molecule has 0 unspecified atom stereocenters. The Labute approximate surface area is 159 Å². The SMILES string of the molecule is CN(CC(=O)Nc1ccc(F)cc1)C(=O)COC(=O)CNC(=O)c1ccco1. The maximum absolute atomic E-state index is 12.8. The Morgan fingerprint density at radius 1 is 1.14 bits per heavy atom. The molecule has 28 heavy (non-hydrogen) atoms. The highest BCUT2D eigenvalue weighted by atomic mass is 19.1. The molecule has 1 aromatic carbocycles. The quantitative estimate of drug-likeness (QED) is 0.643. The van der Waals surface area contributed by atoms with Crippen LogP contribution in [0.5, 0.6) is 0 Å². The summed E-state index contributed by atoms with van der Waals surface area (Å²) in [5.74, 6) is -2.93. The second kappa shape index (κ2) is 9.86. The van der Waals surface area contributed by atoms with E-state index in [1.54, 1.807) is 0 Å². The summed E-state index contributed by atoms with van der Waals surface area (Å²) in [5.41, 5.74) is 0.381. The van der Waals surface area contributed by atoms with Crippen LogP contribution in [0.2, 0.25) is 0 Å². The summed E-state index contributed by atoms with van der Waals surface area (Å²) in [7, 11) is 1.36. The third-order valence-electron chi connectivity index (χ3n) is 3.43. The summed E-state index contributed by atoms with van der Waals surface area (Å²) in [4.78, 5) is 48.0. The molecule has 0 aliphatic rings. The number of carbonyl (C=O) groups excluding carboxylic acids is 4. The van der Waals surface area contributed by atoms with E-state index in [4.69, 9.17) is 9.15 Å². The lowest BCUT2D eigenvalue weighted by Gasteiger charge is -2.16. The number of benzene rings is 1. The molecule has 3 amide bonds. The number of hydrogen-bond donors (Lipinski definition) is 2. The maximum Gasteiger partial charge on any atom is 0.325 e. The Bertz CT molecular complexity index is 836. The van der Waals surface area contributed by atoms with E-state index in [-0.39, 0.29) is 12.3 Å². The van der Waals surface area contributed by atoms with Crippen LogP contribution in [-0.2, 0) is 19.1 Å². The third kappa shape index (κ3) is 6.56. The van der Waals surface area contributed by atoms with Gasteiger partial charge in [0.25, 0.3) is 11.8 Å². The smallest absolute Gasteiger partial charge is 0.325 e. The average molecular weight is 391 g/mol. The molecule has 1 heterocycles. The van der Waals surface area contributed by atoms with Gasteiger partial charge in [-0.15, -0.1) is 0 Å².